The minimum Gasteiger partial charge on any atom is -0.664 e. The van der Waals surface area contributed by atoms with Gasteiger partial charge in [0.1, 0.15) is 0 Å². The molecular weight excluding hydrogens is 437 g/mol. The van der Waals surface area contributed by atoms with Gasteiger partial charge in [-0.15, -0.1) is 12.3 Å². The molecule has 0 atom stereocenters. The molecule has 0 N–H and O–H groups in total. The molecule has 1 nitrogen and oxygen atoms in total. The van der Waals surface area contributed by atoms with E-state index in [1.807, 2.05) is 13.0 Å². The second kappa shape index (κ2) is 10.4. The van der Waals surface area contributed by atoms with Crippen molar-refractivity contribution in [3.63, 3.8) is 0 Å². The van der Waals surface area contributed by atoms with Crippen LogP contribution in [0.1, 0.15) is 34.7 Å². The molecule has 0 saturated carbocycles. The Morgan fingerprint density at radius 3 is 1.94 bits per heavy atom. The quantitative estimate of drug-likeness (QED) is 0.223. The van der Waals surface area contributed by atoms with Crippen LogP contribution in [0.4, 0.5) is 5.69 Å². The summed E-state index contributed by atoms with van der Waals surface area (Å²) in [4.78, 5) is 0. The van der Waals surface area contributed by atoms with Crippen LogP contribution in [0.5, 0.6) is 0 Å². The average Bonchev–Trinajstić information content (AvgIpc) is 3.16. The Morgan fingerprint density at radius 1 is 0.765 bits per heavy atom. The summed E-state index contributed by atoms with van der Waals surface area (Å²) in [6.07, 6.45) is 5.70. The van der Waals surface area contributed by atoms with Gasteiger partial charge in [-0.2, -0.15) is 6.20 Å². The van der Waals surface area contributed by atoms with E-state index in [2.05, 4.69) is 122 Å². The molecule has 1 aliphatic rings. The molecule has 160 valence electrons. The number of fused-ring (bicyclic) bond motifs is 3. The maximum atomic E-state index is 4.62. The van der Waals surface area contributed by atoms with E-state index in [4.69, 9.17) is 0 Å². The van der Waals surface area contributed by atoms with Gasteiger partial charge in [0.15, 0.2) is 0 Å². The largest absolute Gasteiger partial charge is 1.00 e. The Kier molecular flexibility index (Phi) is 7.56. The molecule has 0 heterocycles. The summed E-state index contributed by atoms with van der Waals surface area (Å²) < 4.78 is 0. The van der Waals surface area contributed by atoms with Crippen molar-refractivity contribution in [2.24, 2.45) is 0 Å². The molecule has 0 spiro atoms. The zero-order valence-corrected chi connectivity index (χ0v) is 23.0. The third kappa shape index (κ3) is 3.80. The first-order chi connectivity index (χ1) is 16.2. The Hall–Kier alpha value is -2.46. The van der Waals surface area contributed by atoms with Crippen molar-refractivity contribution >= 4 is 11.3 Å². The summed E-state index contributed by atoms with van der Waals surface area (Å²) in [5.74, 6) is 0. The van der Waals surface area contributed by atoms with Crippen LogP contribution in [0.2, 0.25) is 0 Å². The van der Waals surface area contributed by atoms with E-state index in [0.717, 1.165) is 16.8 Å². The van der Waals surface area contributed by atoms with Crippen molar-refractivity contribution in [1.29, 1.82) is 0 Å². The summed E-state index contributed by atoms with van der Waals surface area (Å²) in [5.41, 5.74) is 9.93. The SMILES string of the molecule is C=C[N-]c1ccc2c(c1C(=C)/C=C\C)-c1ccccc1C2(c1ccccc1)c1ccccc1.[K+]. The average molecular weight is 464 g/mol. The fraction of sp³-hybridized carbons (Fsp3) is 0.0625. The molecule has 0 radical (unpaired) electrons. The Balaban J connectivity index is 0.00000274. The van der Waals surface area contributed by atoms with Gasteiger partial charge in [-0.3, -0.25) is 0 Å². The third-order valence-electron chi connectivity index (χ3n) is 6.52. The molecule has 5 rings (SSSR count). The van der Waals surface area contributed by atoms with Gasteiger partial charge in [-0.05, 0) is 51.4 Å². The first-order valence-corrected chi connectivity index (χ1v) is 11.3. The summed E-state index contributed by atoms with van der Waals surface area (Å²) in [5, 5.41) is 4.62. The number of allylic oxidation sites excluding steroid dienone is 3. The van der Waals surface area contributed by atoms with Crippen molar-refractivity contribution < 1.29 is 51.4 Å². The maximum Gasteiger partial charge on any atom is 1.00 e. The Morgan fingerprint density at radius 2 is 1.35 bits per heavy atom. The Bertz CT molecular complexity index is 1330. The molecule has 0 unspecified atom stereocenters. The minimum atomic E-state index is -0.424. The summed E-state index contributed by atoms with van der Waals surface area (Å²) in [6, 6.07) is 34.7. The summed E-state index contributed by atoms with van der Waals surface area (Å²) in [7, 11) is 0. The molecule has 4 aromatic rings. The van der Waals surface area contributed by atoms with Crippen molar-refractivity contribution in [1.82, 2.24) is 0 Å². The maximum absolute atomic E-state index is 4.62. The van der Waals surface area contributed by atoms with E-state index in [-0.39, 0.29) is 51.4 Å². The van der Waals surface area contributed by atoms with Crippen molar-refractivity contribution in [3.05, 3.63) is 162 Å². The predicted molar refractivity (Wildman–Crippen MR) is 141 cm³/mol. The molecule has 2 heteroatoms. The van der Waals surface area contributed by atoms with Crippen molar-refractivity contribution in [2.45, 2.75) is 12.3 Å². The molecular formula is C32H26KN. The fourth-order valence-electron chi connectivity index (χ4n) is 5.34. The van der Waals surface area contributed by atoms with Gasteiger partial charge in [0, 0.05) is 0 Å². The smallest absolute Gasteiger partial charge is 0.664 e. The van der Waals surface area contributed by atoms with Crippen LogP contribution in [0.3, 0.4) is 0 Å². The van der Waals surface area contributed by atoms with Crippen LogP contribution in [-0.4, -0.2) is 0 Å². The molecule has 0 saturated heterocycles. The summed E-state index contributed by atoms with van der Waals surface area (Å²) >= 11 is 0. The molecule has 1 aliphatic carbocycles. The van der Waals surface area contributed by atoms with Crippen LogP contribution in [-0.2, 0) is 5.41 Å². The van der Waals surface area contributed by atoms with E-state index < -0.39 is 5.41 Å². The van der Waals surface area contributed by atoms with E-state index in [1.165, 1.54) is 33.4 Å². The zero-order chi connectivity index (χ0) is 22.8. The first-order valence-electron chi connectivity index (χ1n) is 11.3. The molecule has 34 heavy (non-hydrogen) atoms. The fourth-order valence-corrected chi connectivity index (χ4v) is 5.34. The molecule has 0 amide bonds. The topological polar surface area (TPSA) is 14.1 Å². The standard InChI is InChI=1S/C32H26N.K/c1-4-14-23(3)30-29(33-5-2)22-21-28-31(30)26-19-12-13-20-27(26)32(28,24-15-8-6-9-16-24)25-17-10-7-11-18-25;/h4-22H,2-3H2,1H3;/q-1;+1/b14-4-;. The Labute approximate surface area is 245 Å². The number of nitrogens with zero attached hydrogens (tertiary/aromatic N) is 1. The third-order valence-corrected chi connectivity index (χ3v) is 6.52. The van der Waals surface area contributed by atoms with E-state index in [0.29, 0.717) is 0 Å². The van der Waals surface area contributed by atoms with Gasteiger partial charge >= 0.3 is 51.4 Å². The van der Waals surface area contributed by atoms with Crippen LogP contribution < -0.4 is 51.4 Å². The monoisotopic (exact) mass is 463 g/mol. The van der Waals surface area contributed by atoms with Crippen molar-refractivity contribution in [2.75, 3.05) is 0 Å². The number of benzene rings is 4. The molecule has 0 bridgehead atoms. The first kappa shape index (κ1) is 24.7. The van der Waals surface area contributed by atoms with Crippen molar-refractivity contribution in [3.8, 4) is 11.1 Å². The van der Waals surface area contributed by atoms with Gasteiger partial charge in [0.2, 0.25) is 0 Å². The van der Waals surface area contributed by atoms with Gasteiger partial charge < -0.3 is 5.32 Å². The van der Waals surface area contributed by atoms with Crippen LogP contribution >= 0.6 is 0 Å². The second-order valence-electron chi connectivity index (χ2n) is 8.25. The van der Waals surface area contributed by atoms with Crippen LogP contribution in [0.15, 0.2) is 129 Å². The van der Waals surface area contributed by atoms with E-state index in [9.17, 15) is 0 Å². The number of hydrogen-bond donors (Lipinski definition) is 0. The molecule has 4 aromatic carbocycles. The van der Waals surface area contributed by atoms with Gasteiger partial charge in [-0.25, -0.2) is 0 Å². The summed E-state index contributed by atoms with van der Waals surface area (Å²) in [6.45, 7) is 10.3. The normalized spacial score (nSPS) is 13.0. The van der Waals surface area contributed by atoms with Gasteiger partial charge in [0.25, 0.3) is 0 Å². The van der Waals surface area contributed by atoms with E-state index >= 15 is 0 Å². The van der Waals surface area contributed by atoms with E-state index in [1.54, 1.807) is 6.20 Å². The van der Waals surface area contributed by atoms with Gasteiger partial charge in [-0.1, -0.05) is 116 Å². The van der Waals surface area contributed by atoms with Crippen LogP contribution in [0, 0.1) is 0 Å². The zero-order valence-electron chi connectivity index (χ0n) is 19.8. The predicted octanol–water partition coefficient (Wildman–Crippen LogP) is 5.79. The molecule has 0 aliphatic heterocycles. The van der Waals surface area contributed by atoms with Gasteiger partial charge in [0.05, 0.1) is 5.41 Å². The molecule has 0 aromatic heterocycles. The second-order valence-corrected chi connectivity index (χ2v) is 8.25. The molecule has 0 fully saturated rings. The van der Waals surface area contributed by atoms with Crippen LogP contribution in [0.25, 0.3) is 22.0 Å². The minimum absolute atomic E-state index is 0. The number of rotatable bonds is 6. The number of hydrogen-bond acceptors (Lipinski definition) is 0.